The standard InChI is InChI=1S/C13H18F2N2O2/c1-8(2)11(18)6-7-16-13(19)17-12-9(14)4-3-5-10(12)15/h3-5,8,11,18H,6-7H2,1-2H3,(H2,16,17,19). The van der Waals surface area contributed by atoms with Crippen LogP contribution in [0.4, 0.5) is 19.3 Å². The molecule has 19 heavy (non-hydrogen) atoms. The van der Waals surface area contributed by atoms with Crippen molar-refractivity contribution in [2.75, 3.05) is 11.9 Å². The second-order valence-electron chi connectivity index (χ2n) is 4.58. The van der Waals surface area contributed by atoms with Gasteiger partial charge in [-0.3, -0.25) is 0 Å². The number of hydrogen-bond acceptors (Lipinski definition) is 2. The molecule has 0 fully saturated rings. The largest absolute Gasteiger partial charge is 0.393 e. The summed E-state index contributed by atoms with van der Waals surface area (Å²) in [5.41, 5.74) is -0.482. The molecule has 6 heteroatoms. The Bertz CT molecular complexity index is 418. The Morgan fingerprint density at radius 2 is 1.89 bits per heavy atom. The van der Waals surface area contributed by atoms with Gasteiger partial charge in [0.05, 0.1) is 6.10 Å². The molecule has 0 saturated heterocycles. The zero-order valence-electron chi connectivity index (χ0n) is 10.9. The van der Waals surface area contributed by atoms with Crippen molar-refractivity contribution in [1.29, 1.82) is 0 Å². The molecule has 2 amide bonds. The molecule has 0 heterocycles. The zero-order chi connectivity index (χ0) is 14.4. The summed E-state index contributed by atoms with van der Waals surface area (Å²) in [6.07, 6.45) is -0.143. The second kappa shape index (κ2) is 7.04. The quantitative estimate of drug-likeness (QED) is 0.771. The molecular formula is C13H18F2N2O2. The van der Waals surface area contributed by atoms with E-state index in [0.29, 0.717) is 6.42 Å². The zero-order valence-corrected chi connectivity index (χ0v) is 10.9. The summed E-state index contributed by atoms with van der Waals surface area (Å²) in [4.78, 5) is 11.4. The van der Waals surface area contributed by atoms with Crippen molar-refractivity contribution >= 4 is 11.7 Å². The van der Waals surface area contributed by atoms with E-state index < -0.39 is 29.5 Å². The molecule has 0 aliphatic carbocycles. The van der Waals surface area contributed by atoms with Crippen LogP contribution in [0, 0.1) is 17.6 Å². The third-order valence-electron chi connectivity index (χ3n) is 2.70. The van der Waals surface area contributed by atoms with Gasteiger partial charge in [0.25, 0.3) is 0 Å². The summed E-state index contributed by atoms with van der Waals surface area (Å²) in [6.45, 7) is 3.94. The van der Waals surface area contributed by atoms with Crippen LogP contribution in [0.3, 0.4) is 0 Å². The Morgan fingerprint density at radius 3 is 2.42 bits per heavy atom. The van der Waals surface area contributed by atoms with Crippen molar-refractivity contribution < 1.29 is 18.7 Å². The molecular weight excluding hydrogens is 254 g/mol. The van der Waals surface area contributed by atoms with E-state index in [4.69, 9.17) is 0 Å². The first-order valence-electron chi connectivity index (χ1n) is 6.08. The number of carbonyl (C=O) groups excluding carboxylic acids is 1. The Morgan fingerprint density at radius 1 is 1.32 bits per heavy atom. The smallest absolute Gasteiger partial charge is 0.319 e. The monoisotopic (exact) mass is 272 g/mol. The van der Waals surface area contributed by atoms with Gasteiger partial charge in [-0.1, -0.05) is 19.9 Å². The number of nitrogens with one attached hydrogen (secondary N) is 2. The molecule has 106 valence electrons. The number of para-hydroxylation sites is 1. The lowest BCUT2D eigenvalue weighted by Crippen LogP contribution is -2.32. The van der Waals surface area contributed by atoms with Crippen molar-refractivity contribution in [3.8, 4) is 0 Å². The molecule has 1 atom stereocenters. The molecule has 0 aliphatic rings. The van der Waals surface area contributed by atoms with Crippen LogP contribution in [0.1, 0.15) is 20.3 Å². The van der Waals surface area contributed by atoms with Crippen LogP contribution in [0.5, 0.6) is 0 Å². The van der Waals surface area contributed by atoms with Crippen LogP contribution in [0.2, 0.25) is 0 Å². The second-order valence-corrected chi connectivity index (χ2v) is 4.58. The summed E-state index contributed by atoms with van der Waals surface area (Å²) >= 11 is 0. The number of aliphatic hydroxyl groups excluding tert-OH is 1. The highest BCUT2D eigenvalue weighted by molar-refractivity contribution is 5.89. The van der Waals surface area contributed by atoms with Gasteiger partial charge in [0, 0.05) is 6.54 Å². The molecule has 3 N–H and O–H groups in total. The number of benzene rings is 1. The van der Waals surface area contributed by atoms with Crippen molar-refractivity contribution in [2.45, 2.75) is 26.4 Å². The summed E-state index contributed by atoms with van der Waals surface area (Å²) < 4.78 is 26.5. The molecule has 1 aromatic rings. The topological polar surface area (TPSA) is 61.4 Å². The summed E-state index contributed by atoms with van der Waals surface area (Å²) in [5.74, 6) is -1.58. The summed E-state index contributed by atoms with van der Waals surface area (Å²) in [5, 5.41) is 14.1. The molecule has 4 nitrogen and oxygen atoms in total. The number of hydrogen-bond donors (Lipinski definition) is 3. The number of anilines is 1. The van der Waals surface area contributed by atoms with E-state index in [1.165, 1.54) is 6.07 Å². The van der Waals surface area contributed by atoms with Gasteiger partial charge in [0.1, 0.15) is 17.3 Å². The van der Waals surface area contributed by atoms with Gasteiger partial charge < -0.3 is 15.7 Å². The first-order valence-corrected chi connectivity index (χ1v) is 6.08. The fourth-order valence-electron chi connectivity index (χ4n) is 1.44. The Kier molecular flexibility index (Phi) is 5.69. The predicted molar refractivity (Wildman–Crippen MR) is 68.8 cm³/mol. The minimum Gasteiger partial charge on any atom is -0.393 e. The van der Waals surface area contributed by atoms with E-state index in [9.17, 15) is 18.7 Å². The normalized spacial score (nSPS) is 12.3. The first kappa shape index (κ1) is 15.4. The van der Waals surface area contributed by atoms with Gasteiger partial charge >= 0.3 is 6.03 Å². The van der Waals surface area contributed by atoms with Gasteiger partial charge in [-0.05, 0) is 24.5 Å². The maximum atomic E-state index is 13.2. The summed E-state index contributed by atoms with van der Waals surface area (Å²) in [6, 6.07) is 2.62. The van der Waals surface area contributed by atoms with E-state index in [0.717, 1.165) is 12.1 Å². The Balaban J connectivity index is 2.44. The molecule has 1 aromatic carbocycles. The minimum absolute atomic E-state index is 0.0915. The van der Waals surface area contributed by atoms with E-state index in [1.54, 1.807) is 0 Å². The first-order chi connectivity index (χ1) is 8.91. The molecule has 0 aliphatic heterocycles. The van der Waals surface area contributed by atoms with E-state index in [-0.39, 0.29) is 12.5 Å². The minimum atomic E-state index is -0.836. The van der Waals surface area contributed by atoms with Crippen LogP contribution in [-0.4, -0.2) is 23.8 Å². The molecule has 0 saturated carbocycles. The number of amides is 2. The molecule has 0 aromatic heterocycles. The highest BCUT2D eigenvalue weighted by Crippen LogP contribution is 2.17. The van der Waals surface area contributed by atoms with Gasteiger partial charge in [0.2, 0.25) is 0 Å². The lowest BCUT2D eigenvalue weighted by molar-refractivity contribution is 0.117. The number of urea groups is 1. The molecule has 0 spiro atoms. The maximum absolute atomic E-state index is 13.2. The van der Waals surface area contributed by atoms with Crippen LogP contribution in [0.25, 0.3) is 0 Å². The number of aliphatic hydroxyl groups is 1. The lowest BCUT2D eigenvalue weighted by atomic mass is 10.0. The van der Waals surface area contributed by atoms with Gasteiger partial charge in [-0.2, -0.15) is 0 Å². The van der Waals surface area contributed by atoms with Crippen LogP contribution < -0.4 is 10.6 Å². The third kappa shape index (κ3) is 4.82. The highest BCUT2D eigenvalue weighted by atomic mass is 19.1. The SMILES string of the molecule is CC(C)C(O)CCNC(=O)Nc1c(F)cccc1F. The van der Waals surface area contributed by atoms with Gasteiger partial charge in [0.15, 0.2) is 0 Å². The molecule has 1 rings (SSSR count). The van der Waals surface area contributed by atoms with Crippen LogP contribution in [-0.2, 0) is 0 Å². The van der Waals surface area contributed by atoms with Crippen molar-refractivity contribution in [2.24, 2.45) is 5.92 Å². The average molecular weight is 272 g/mol. The lowest BCUT2D eigenvalue weighted by Gasteiger charge is -2.15. The van der Waals surface area contributed by atoms with E-state index in [1.807, 2.05) is 13.8 Å². The Labute approximate surface area is 110 Å². The highest BCUT2D eigenvalue weighted by Gasteiger charge is 2.12. The fraction of sp³-hybridized carbons (Fsp3) is 0.462. The number of rotatable bonds is 5. The fourth-order valence-corrected chi connectivity index (χ4v) is 1.44. The van der Waals surface area contributed by atoms with Gasteiger partial charge in [-0.15, -0.1) is 0 Å². The van der Waals surface area contributed by atoms with Crippen molar-refractivity contribution in [3.05, 3.63) is 29.8 Å². The number of carbonyl (C=O) groups is 1. The summed E-state index contributed by atoms with van der Waals surface area (Å²) in [7, 11) is 0. The maximum Gasteiger partial charge on any atom is 0.319 e. The van der Waals surface area contributed by atoms with Crippen LogP contribution in [0.15, 0.2) is 18.2 Å². The van der Waals surface area contributed by atoms with E-state index >= 15 is 0 Å². The van der Waals surface area contributed by atoms with E-state index in [2.05, 4.69) is 10.6 Å². The molecule has 1 unspecified atom stereocenters. The number of halogens is 2. The van der Waals surface area contributed by atoms with Gasteiger partial charge in [-0.25, -0.2) is 13.6 Å². The average Bonchev–Trinajstić information content (AvgIpc) is 2.33. The third-order valence-corrected chi connectivity index (χ3v) is 2.70. The molecule has 0 radical (unpaired) electrons. The van der Waals surface area contributed by atoms with Crippen LogP contribution >= 0.6 is 0 Å². The Hall–Kier alpha value is -1.69. The van der Waals surface area contributed by atoms with Crippen molar-refractivity contribution in [1.82, 2.24) is 5.32 Å². The molecule has 0 bridgehead atoms. The van der Waals surface area contributed by atoms with Crippen molar-refractivity contribution in [3.63, 3.8) is 0 Å². The predicted octanol–water partition coefficient (Wildman–Crippen LogP) is 2.49.